The summed E-state index contributed by atoms with van der Waals surface area (Å²) in [6, 6.07) is 12.7. The van der Waals surface area contributed by atoms with Crippen LogP contribution in [0, 0.1) is 5.92 Å². The van der Waals surface area contributed by atoms with Crippen LogP contribution in [-0.2, 0) is 0 Å². The van der Waals surface area contributed by atoms with Crippen molar-refractivity contribution in [1.82, 2.24) is 0 Å². The first-order valence-electron chi connectivity index (χ1n) is 7.51. The average Bonchev–Trinajstić information content (AvgIpc) is 2.97. The fraction of sp³-hybridized carbons (Fsp3) is 0.333. The van der Waals surface area contributed by atoms with Crippen LogP contribution < -0.4 is 4.74 Å². The molecular formula is C18H18O3. The molecule has 0 amide bonds. The summed E-state index contributed by atoms with van der Waals surface area (Å²) in [6.45, 7) is 0. The number of fused-ring (bicyclic) bond motifs is 3. The summed E-state index contributed by atoms with van der Waals surface area (Å²) >= 11 is 0. The predicted molar refractivity (Wildman–Crippen MR) is 79.7 cm³/mol. The Hall–Kier alpha value is -2.16. The van der Waals surface area contributed by atoms with Gasteiger partial charge in [-0.05, 0) is 54.7 Å². The van der Waals surface area contributed by atoms with Crippen LogP contribution in [-0.4, -0.2) is 10.2 Å². The van der Waals surface area contributed by atoms with Crippen molar-refractivity contribution in [3.05, 3.63) is 53.6 Å². The molecule has 0 spiro atoms. The smallest absolute Gasteiger partial charge is 0.127 e. The molecule has 3 atom stereocenters. The van der Waals surface area contributed by atoms with Crippen LogP contribution in [0.15, 0.2) is 42.5 Å². The quantitative estimate of drug-likeness (QED) is 0.827. The van der Waals surface area contributed by atoms with Crippen molar-refractivity contribution in [2.45, 2.75) is 31.3 Å². The lowest BCUT2D eigenvalue weighted by Gasteiger charge is -2.36. The van der Waals surface area contributed by atoms with Crippen LogP contribution in [0.25, 0.3) is 0 Å². The van der Waals surface area contributed by atoms with Crippen molar-refractivity contribution in [3.8, 4) is 17.2 Å². The minimum absolute atomic E-state index is 0.0372. The summed E-state index contributed by atoms with van der Waals surface area (Å²) in [7, 11) is 0. The zero-order valence-electron chi connectivity index (χ0n) is 11.7. The van der Waals surface area contributed by atoms with Crippen molar-refractivity contribution >= 4 is 0 Å². The molecule has 2 aromatic carbocycles. The average molecular weight is 282 g/mol. The van der Waals surface area contributed by atoms with Crippen LogP contribution in [0.3, 0.4) is 0 Å². The normalized spacial score (nSPS) is 26.8. The van der Waals surface area contributed by atoms with Crippen LogP contribution in [0.4, 0.5) is 0 Å². The Morgan fingerprint density at radius 2 is 1.67 bits per heavy atom. The molecule has 2 aromatic rings. The van der Waals surface area contributed by atoms with Crippen LogP contribution in [0.1, 0.15) is 42.4 Å². The molecule has 2 N–H and O–H groups in total. The molecule has 0 radical (unpaired) electrons. The molecule has 0 saturated heterocycles. The van der Waals surface area contributed by atoms with E-state index in [2.05, 4.69) is 0 Å². The van der Waals surface area contributed by atoms with E-state index < -0.39 is 0 Å². The summed E-state index contributed by atoms with van der Waals surface area (Å²) in [6.07, 6.45) is 3.53. The lowest BCUT2D eigenvalue weighted by Crippen LogP contribution is -2.26. The Balaban J connectivity index is 1.77. The Labute approximate surface area is 123 Å². The van der Waals surface area contributed by atoms with Crippen molar-refractivity contribution in [2.75, 3.05) is 0 Å². The highest BCUT2D eigenvalue weighted by Crippen LogP contribution is 2.54. The second-order valence-electron chi connectivity index (χ2n) is 6.05. The van der Waals surface area contributed by atoms with E-state index in [1.165, 1.54) is 6.42 Å². The maximum atomic E-state index is 9.74. The Bertz CT molecular complexity index is 663. The van der Waals surface area contributed by atoms with Crippen LogP contribution in [0.5, 0.6) is 17.2 Å². The molecular weight excluding hydrogens is 264 g/mol. The lowest BCUT2D eigenvalue weighted by molar-refractivity contribution is 0.104. The molecule has 3 nitrogen and oxygen atoms in total. The number of aromatic hydroxyl groups is 2. The van der Waals surface area contributed by atoms with E-state index in [9.17, 15) is 10.2 Å². The van der Waals surface area contributed by atoms with E-state index in [4.69, 9.17) is 4.74 Å². The third-order valence-corrected chi connectivity index (χ3v) is 4.83. The van der Waals surface area contributed by atoms with Crippen molar-refractivity contribution in [3.63, 3.8) is 0 Å². The second kappa shape index (κ2) is 4.69. The maximum absolute atomic E-state index is 9.74. The van der Waals surface area contributed by atoms with Crippen LogP contribution >= 0.6 is 0 Å². The molecule has 1 aliphatic heterocycles. The molecule has 108 valence electrons. The minimum Gasteiger partial charge on any atom is -0.508 e. The van der Waals surface area contributed by atoms with Crippen molar-refractivity contribution in [2.24, 2.45) is 5.92 Å². The molecule has 0 unspecified atom stereocenters. The lowest BCUT2D eigenvalue weighted by atomic mass is 9.80. The van der Waals surface area contributed by atoms with Gasteiger partial charge in [-0.1, -0.05) is 18.6 Å². The fourth-order valence-corrected chi connectivity index (χ4v) is 3.87. The summed E-state index contributed by atoms with van der Waals surface area (Å²) in [4.78, 5) is 0. The first-order chi connectivity index (χ1) is 10.2. The van der Waals surface area contributed by atoms with E-state index >= 15 is 0 Å². The highest BCUT2D eigenvalue weighted by Gasteiger charge is 2.41. The minimum atomic E-state index is 0.0372. The zero-order valence-corrected chi connectivity index (χ0v) is 11.7. The second-order valence-corrected chi connectivity index (χ2v) is 6.05. The summed E-state index contributed by atoms with van der Waals surface area (Å²) in [5, 5.41) is 19.2. The number of phenols is 2. The molecule has 21 heavy (non-hydrogen) atoms. The van der Waals surface area contributed by atoms with Crippen molar-refractivity contribution in [1.29, 1.82) is 0 Å². The van der Waals surface area contributed by atoms with E-state index in [0.717, 1.165) is 29.7 Å². The van der Waals surface area contributed by atoms with Gasteiger partial charge >= 0.3 is 0 Å². The zero-order chi connectivity index (χ0) is 14.4. The van der Waals surface area contributed by atoms with Gasteiger partial charge in [0.25, 0.3) is 0 Å². The van der Waals surface area contributed by atoms with Gasteiger partial charge in [-0.2, -0.15) is 0 Å². The molecule has 1 saturated carbocycles. The van der Waals surface area contributed by atoms with E-state index in [1.807, 2.05) is 24.3 Å². The van der Waals surface area contributed by atoms with Gasteiger partial charge in [0.15, 0.2) is 0 Å². The maximum Gasteiger partial charge on any atom is 0.127 e. The number of hydrogen-bond acceptors (Lipinski definition) is 3. The monoisotopic (exact) mass is 282 g/mol. The summed E-state index contributed by atoms with van der Waals surface area (Å²) in [5.41, 5.74) is 2.26. The standard InChI is InChI=1S/C18H18O3/c19-12-6-4-11(5-7-12)18-15-3-1-2-14(15)16-10-13(20)8-9-17(16)21-18/h4-10,14-15,18-20H,1-3H2/t14-,15-,18-/m0/s1. The van der Waals surface area contributed by atoms with E-state index in [-0.39, 0.29) is 11.9 Å². The first kappa shape index (κ1) is 12.6. The molecule has 1 fully saturated rings. The molecule has 4 rings (SSSR count). The van der Waals surface area contributed by atoms with Gasteiger partial charge in [0.05, 0.1) is 0 Å². The first-order valence-corrected chi connectivity index (χ1v) is 7.51. The number of hydrogen-bond donors (Lipinski definition) is 2. The number of benzene rings is 2. The van der Waals surface area contributed by atoms with Gasteiger partial charge in [0, 0.05) is 11.5 Å². The third kappa shape index (κ3) is 2.04. The topological polar surface area (TPSA) is 49.7 Å². The van der Waals surface area contributed by atoms with Crippen molar-refractivity contribution < 1.29 is 14.9 Å². The fourth-order valence-electron chi connectivity index (χ4n) is 3.87. The van der Waals surface area contributed by atoms with E-state index in [1.54, 1.807) is 18.2 Å². The molecule has 0 aromatic heterocycles. The SMILES string of the molecule is Oc1ccc([C@@H]2Oc3ccc(O)cc3[C@H]3CCC[C@@H]32)cc1. The van der Waals surface area contributed by atoms with E-state index in [0.29, 0.717) is 17.6 Å². The molecule has 0 bridgehead atoms. The Morgan fingerprint density at radius 1 is 0.905 bits per heavy atom. The largest absolute Gasteiger partial charge is 0.508 e. The predicted octanol–water partition coefficient (Wildman–Crippen LogP) is 4.12. The molecule has 1 aliphatic carbocycles. The molecule has 2 aliphatic rings. The third-order valence-electron chi connectivity index (χ3n) is 4.83. The number of rotatable bonds is 1. The summed E-state index contributed by atoms with van der Waals surface area (Å²) in [5.74, 6) is 2.38. The van der Waals surface area contributed by atoms with Gasteiger partial charge in [0.1, 0.15) is 23.4 Å². The summed E-state index contributed by atoms with van der Waals surface area (Å²) < 4.78 is 6.23. The molecule has 3 heteroatoms. The molecule has 1 heterocycles. The van der Waals surface area contributed by atoms with Gasteiger partial charge in [-0.15, -0.1) is 0 Å². The number of ether oxygens (including phenoxy) is 1. The van der Waals surface area contributed by atoms with Gasteiger partial charge in [-0.25, -0.2) is 0 Å². The van der Waals surface area contributed by atoms with Gasteiger partial charge < -0.3 is 14.9 Å². The van der Waals surface area contributed by atoms with Crippen LogP contribution in [0.2, 0.25) is 0 Å². The van der Waals surface area contributed by atoms with Gasteiger partial charge in [0.2, 0.25) is 0 Å². The highest BCUT2D eigenvalue weighted by molar-refractivity contribution is 5.45. The number of phenolic OH excluding ortho intramolecular Hbond substituents is 2. The highest BCUT2D eigenvalue weighted by atomic mass is 16.5. The Morgan fingerprint density at radius 3 is 2.48 bits per heavy atom. The Kier molecular flexibility index (Phi) is 2.81. The van der Waals surface area contributed by atoms with Gasteiger partial charge in [-0.3, -0.25) is 0 Å².